The van der Waals surface area contributed by atoms with E-state index in [-0.39, 0.29) is 23.9 Å². The molecule has 144 valence electrons. The van der Waals surface area contributed by atoms with E-state index < -0.39 is 16.1 Å². The Bertz CT molecular complexity index is 891. The second kappa shape index (κ2) is 8.10. The number of benzene rings is 2. The van der Waals surface area contributed by atoms with E-state index in [1.165, 1.54) is 4.31 Å². The van der Waals surface area contributed by atoms with Gasteiger partial charge in [0.1, 0.15) is 5.75 Å². The lowest BCUT2D eigenvalue weighted by atomic mass is 10.2. The van der Waals surface area contributed by atoms with Gasteiger partial charge in [-0.3, -0.25) is 4.79 Å². The second-order valence-corrected chi connectivity index (χ2v) is 8.56. The van der Waals surface area contributed by atoms with E-state index in [4.69, 9.17) is 4.74 Å². The molecule has 2 aromatic carbocycles. The lowest BCUT2D eigenvalue weighted by Gasteiger charge is -2.35. The molecule has 1 unspecified atom stereocenters. The highest BCUT2D eigenvalue weighted by Gasteiger charge is 2.31. The molecule has 7 heteroatoms. The number of rotatable bonds is 5. The first kappa shape index (κ1) is 19.4. The Hall–Kier alpha value is -2.38. The van der Waals surface area contributed by atoms with Gasteiger partial charge in [-0.1, -0.05) is 30.3 Å². The zero-order valence-corrected chi connectivity index (χ0v) is 16.4. The minimum atomic E-state index is -3.52. The highest BCUT2D eigenvalue weighted by molar-refractivity contribution is 7.89. The van der Waals surface area contributed by atoms with Crippen molar-refractivity contribution in [3.63, 3.8) is 0 Å². The van der Waals surface area contributed by atoms with Crippen molar-refractivity contribution in [3.8, 4) is 5.75 Å². The van der Waals surface area contributed by atoms with Crippen LogP contribution in [0.5, 0.6) is 5.75 Å². The number of nitrogens with zero attached hydrogens (tertiary/aromatic N) is 2. The van der Waals surface area contributed by atoms with Crippen molar-refractivity contribution >= 4 is 15.9 Å². The highest BCUT2D eigenvalue weighted by Crippen LogP contribution is 2.19. The van der Waals surface area contributed by atoms with E-state index >= 15 is 0 Å². The molecule has 1 aliphatic rings. The van der Waals surface area contributed by atoms with Crippen LogP contribution in [-0.2, 0) is 14.8 Å². The van der Waals surface area contributed by atoms with Crippen LogP contribution >= 0.6 is 0 Å². The van der Waals surface area contributed by atoms with Gasteiger partial charge in [-0.25, -0.2) is 8.42 Å². The van der Waals surface area contributed by atoms with Crippen LogP contribution in [0.2, 0.25) is 0 Å². The van der Waals surface area contributed by atoms with Crippen molar-refractivity contribution < 1.29 is 17.9 Å². The van der Waals surface area contributed by atoms with Crippen LogP contribution < -0.4 is 4.74 Å². The summed E-state index contributed by atoms with van der Waals surface area (Å²) in [6.45, 7) is 4.95. The van der Waals surface area contributed by atoms with Crippen LogP contribution in [-0.4, -0.2) is 55.8 Å². The van der Waals surface area contributed by atoms with Crippen LogP contribution in [0.4, 0.5) is 0 Å². The van der Waals surface area contributed by atoms with Crippen molar-refractivity contribution in [2.24, 2.45) is 0 Å². The van der Waals surface area contributed by atoms with Crippen LogP contribution in [0.1, 0.15) is 12.5 Å². The molecule has 1 aliphatic heterocycles. The molecule has 0 aromatic heterocycles. The molecular formula is C20H24N2O4S. The molecule has 0 saturated carbocycles. The van der Waals surface area contributed by atoms with E-state index in [0.717, 1.165) is 5.56 Å². The number of hydrogen-bond acceptors (Lipinski definition) is 4. The summed E-state index contributed by atoms with van der Waals surface area (Å²) in [5.41, 5.74) is 1.06. The third kappa shape index (κ3) is 4.48. The van der Waals surface area contributed by atoms with Crippen LogP contribution in [0.3, 0.4) is 0 Å². The fourth-order valence-electron chi connectivity index (χ4n) is 3.09. The average molecular weight is 388 g/mol. The molecule has 1 saturated heterocycles. The van der Waals surface area contributed by atoms with E-state index in [2.05, 4.69) is 0 Å². The number of carbonyl (C=O) groups is 1. The largest absolute Gasteiger partial charge is 0.481 e. The van der Waals surface area contributed by atoms with Gasteiger partial charge in [-0.2, -0.15) is 4.31 Å². The first-order valence-electron chi connectivity index (χ1n) is 8.95. The first-order valence-corrected chi connectivity index (χ1v) is 10.4. The lowest BCUT2D eigenvalue weighted by Crippen LogP contribution is -2.53. The van der Waals surface area contributed by atoms with Crippen LogP contribution in [0.25, 0.3) is 0 Å². The molecule has 0 radical (unpaired) electrons. The van der Waals surface area contributed by atoms with Crippen molar-refractivity contribution in [2.75, 3.05) is 26.2 Å². The lowest BCUT2D eigenvalue weighted by molar-refractivity contribution is -0.139. The number of hydrogen-bond donors (Lipinski definition) is 0. The summed E-state index contributed by atoms with van der Waals surface area (Å²) in [6, 6.07) is 15.9. The van der Waals surface area contributed by atoms with Crippen molar-refractivity contribution in [1.82, 2.24) is 9.21 Å². The summed E-state index contributed by atoms with van der Waals surface area (Å²) in [6.07, 6.45) is -0.621. The van der Waals surface area contributed by atoms with E-state index in [9.17, 15) is 13.2 Å². The van der Waals surface area contributed by atoms with Gasteiger partial charge in [0.2, 0.25) is 10.0 Å². The first-order chi connectivity index (χ1) is 12.9. The zero-order chi connectivity index (χ0) is 19.4. The molecule has 1 heterocycles. The fraction of sp³-hybridized carbons (Fsp3) is 0.350. The average Bonchev–Trinajstić information content (AvgIpc) is 2.68. The molecule has 1 fully saturated rings. The summed E-state index contributed by atoms with van der Waals surface area (Å²) >= 11 is 0. The monoisotopic (exact) mass is 388 g/mol. The maximum atomic E-state index is 12.7. The quantitative estimate of drug-likeness (QED) is 0.788. The molecule has 0 bridgehead atoms. The zero-order valence-electron chi connectivity index (χ0n) is 15.5. The normalized spacial score (nSPS) is 16.7. The number of amides is 1. The summed E-state index contributed by atoms with van der Waals surface area (Å²) < 4.78 is 32.5. The minimum absolute atomic E-state index is 0.131. The van der Waals surface area contributed by atoms with Crippen molar-refractivity contribution in [2.45, 2.75) is 24.8 Å². The third-order valence-corrected chi connectivity index (χ3v) is 6.49. The van der Waals surface area contributed by atoms with E-state index in [0.29, 0.717) is 18.8 Å². The van der Waals surface area contributed by atoms with Gasteiger partial charge in [0.05, 0.1) is 4.90 Å². The Morgan fingerprint density at radius 2 is 1.67 bits per heavy atom. The number of piperazine rings is 1. The molecule has 2 aromatic rings. The Morgan fingerprint density at radius 3 is 2.30 bits per heavy atom. The molecule has 0 spiro atoms. The molecular weight excluding hydrogens is 364 g/mol. The SMILES string of the molecule is Cc1cccc(OC(C)C(=O)N2CCN(S(=O)(=O)c3ccccc3)CC2)c1. The number of ether oxygens (including phenoxy) is 1. The number of sulfonamides is 1. The van der Waals surface area contributed by atoms with E-state index in [1.807, 2.05) is 31.2 Å². The standard InChI is InChI=1S/C20H24N2O4S/c1-16-7-6-8-18(15-16)26-17(2)20(23)21-11-13-22(14-12-21)27(24,25)19-9-4-3-5-10-19/h3-10,15,17H,11-14H2,1-2H3. The topological polar surface area (TPSA) is 66.9 Å². The molecule has 1 atom stereocenters. The van der Waals surface area contributed by atoms with Gasteiger partial charge < -0.3 is 9.64 Å². The number of aryl methyl sites for hydroxylation is 1. The van der Waals surface area contributed by atoms with Gasteiger partial charge in [-0.05, 0) is 43.7 Å². The predicted molar refractivity (Wildman–Crippen MR) is 103 cm³/mol. The second-order valence-electron chi connectivity index (χ2n) is 6.62. The van der Waals surface area contributed by atoms with Gasteiger partial charge >= 0.3 is 0 Å². The molecule has 27 heavy (non-hydrogen) atoms. The molecule has 6 nitrogen and oxygen atoms in total. The van der Waals surface area contributed by atoms with Gasteiger partial charge in [-0.15, -0.1) is 0 Å². The molecule has 3 rings (SSSR count). The minimum Gasteiger partial charge on any atom is -0.481 e. The smallest absolute Gasteiger partial charge is 0.263 e. The van der Waals surface area contributed by atoms with Crippen molar-refractivity contribution in [1.29, 1.82) is 0 Å². The Labute approximate surface area is 160 Å². The Kier molecular flexibility index (Phi) is 5.82. The summed E-state index contributed by atoms with van der Waals surface area (Å²) in [7, 11) is -3.52. The Morgan fingerprint density at radius 1 is 1.00 bits per heavy atom. The van der Waals surface area contributed by atoms with E-state index in [1.54, 1.807) is 42.2 Å². The highest BCUT2D eigenvalue weighted by atomic mass is 32.2. The predicted octanol–water partition coefficient (Wildman–Crippen LogP) is 2.30. The molecule has 0 aliphatic carbocycles. The van der Waals surface area contributed by atoms with Crippen LogP contribution in [0, 0.1) is 6.92 Å². The maximum absolute atomic E-state index is 12.7. The maximum Gasteiger partial charge on any atom is 0.263 e. The number of carbonyl (C=O) groups excluding carboxylic acids is 1. The Balaban J connectivity index is 1.59. The van der Waals surface area contributed by atoms with Gasteiger partial charge in [0, 0.05) is 26.2 Å². The summed E-state index contributed by atoms with van der Waals surface area (Å²) in [5.74, 6) is 0.523. The van der Waals surface area contributed by atoms with Crippen LogP contribution in [0.15, 0.2) is 59.5 Å². The fourth-order valence-corrected chi connectivity index (χ4v) is 4.53. The van der Waals surface area contributed by atoms with Gasteiger partial charge in [0.15, 0.2) is 6.10 Å². The molecule has 1 amide bonds. The van der Waals surface area contributed by atoms with Gasteiger partial charge in [0.25, 0.3) is 5.91 Å². The van der Waals surface area contributed by atoms with Crippen molar-refractivity contribution in [3.05, 3.63) is 60.2 Å². The summed E-state index contributed by atoms with van der Waals surface area (Å²) in [5, 5.41) is 0. The summed E-state index contributed by atoms with van der Waals surface area (Å²) in [4.78, 5) is 14.6. The molecule has 0 N–H and O–H groups in total. The third-order valence-electron chi connectivity index (χ3n) is 4.58.